The summed E-state index contributed by atoms with van der Waals surface area (Å²) in [5.74, 6) is 0.545. The number of nitrogens with zero attached hydrogens (tertiary/aromatic N) is 1. The lowest BCUT2D eigenvalue weighted by Gasteiger charge is -2.25. The normalized spacial score (nSPS) is 21.9. The first-order valence-electron chi connectivity index (χ1n) is 6.66. The van der Waals surface area contributed by atoms with Crippen molar-refractivity contribution in [3.63, 3.8) is 0 Å². The fourth-order valence-electron chi connectivity index (χ4n) is 2.10. The molecule has 1 N–H and O–H groups in total. The van der Waals surface area contributed by atoms with E-state index >= 15 is 0 Å². The highest BCUT2D eigenvalue weighted by molar-refractivity contribution is 7.91. The van der Waals surface area contributed by atoms with Crippen molar-refractivity contribution in [2.75, 3.05) is 38.2 Å². The zero-order valence-electron chi connectivity index (χ0n) is 11.1. The Balaban J connectivity index is 2.14. The monoisotopic (exact) mass is 262 g/mol. The molecule has 0 amide bonds. The van der Waals surface area contributed by atoms with E-state index in [9.17, 15) is 8.42 Å². The molecule has 0 aromatic heterocycles. The Morgan fingerprint density at radius 3 is 2.65 bits per heavy atom. The highest BCUT2D eigenvalue weighted by Gasteiger charge is 2.14. The Kier molecular flexibility index (Phi) is 6.44. The fraction of sp³-hybridized carbons (Fsp3) is 1.00. The Morgan fingerprint density at radius 1 is 1.29 bits per heavy atom. The maximum Gasteiger partial charge on any atom is 0.151 e. The van der Waals surface area contributed by atoms with E-state index in [2.05, 4.69) is 10.2 Å². The minimum Gasteiger partial charge on any atom is -0.314 e. The summed E-state index contributed by atoms with van der Waals surface area (Å²) in [7, 11) is -0.807. The fourth-order valence-corrected chi connectivity index (χ4v) is 2.98. The third-order valence-corrected chi connectivity index (χ3v) is 5.18. The van der Waals surface area contributed by atoms with Crippen molar-refractivity contribution in [2.45, 2.75) is 38.6 Å². The van der Waals surface area contributed by atoms with Gasteiger partial charge in [0.1, 0.15) is 0 Å². The molecular formula is C12H26N2O2S. The second kappa shape index (κ2) is 7.34. The van der Waals surface area contributed by atoms with Crippen LogP contribution in [0, 0.1) is 0 Å². The third-order valence-electron chi connectivity index (χ3n) is 3.50. The van der Waals surface area contributed by atoms with Gasteiger partial charge >= 0.3 is 0 Å². The number of piperidine rings is 1. The van der Waals surface area contributed by atoms with Crippen LogP contribution in [0.1, 0.15) is 32.6 Å². The van der Waals surface area contributed by atoms with Crippen molar-refractivity contribution >= 4 is 9.84 Å². The van der Waals surface area contributed by atoms with Gasteiger partial charge in [-0.2, -0.15) is 0 Å². The molecule has 1 heterocycles. The largest absolute Gasteiger partial charge is 0.314 e. The molecule has 1 unspecified atom stereocenters. The molecular weight excluding hydrogens is 236 g/mol. The number of hydrogen-bond donors (Lipinski definition) is 1. The smallest absolute Gasteiger partial charge is 0.151 e. The maximum absolute atomic E-state index is 11.4. The highest BCUT2D eigenvalue weighted by atomic mass is 32.2. The van der Waals surface area contributed by atoms with Gasteiger partial charge in [-0.3, -0.25) is 0 Å². The van der Waals surface area contributed by atoms with Crippen molar-refractivity contribution in [1.82, 2.24) is 10.2 Å². The first kappa shape index (κ1) is 14.9. The summed E-state index contributed by atoms with van der Waals surface area (Å²) in [6.07, 6.45) is 5.01. The molecule has 1 saturated heterocycles. The highest BCUT2D eigenvalue weighted by Crippen LogP contribution is 2.10. The van der Waals surface area contributed by atoms with Crippen LogP contribution >= 0.6 is 0 Å². The molecule has 0 saturated carbocycles. The first-order chi connectivity index (χ1) is 8.03. The van der Waals surface area contributed by atoms with Crippen LogP contribution in [-0.4, -0.2) is 57.5 Å². The van der Waals surface area contributed by atoms with Crippen LogP contribution in [0.15, 0.2) is 0 Å². The van der Waals surface area contributed by atoms with Gasteiger partial charge in [0.2, 0.25) is 0 Å². The molecule has 1 aliphatic rings. The zero-order valence-corrected chi connectivity index (χ0v) is 11.9. The summed E-state index contributed by atoms with van der Waals surface area (Å²) in [5.41, 5.74) is 0. The van der Waals surface area contributed by atoms with Crippen LogP contribution in [0.4, 0.5) is 0 Å². The third kappa shape index (κ3) is 6.38. The van der Waals surface area contributed by atoms with Gasteiger partial charge in [0, 0.05) is 18.3 Å². The molecule has 1 atom stereocenters. The zero-order chi connectivity index (χ0) is 12.7. The summed E-state index contributed by atoms with van der Waals surface area (Å²) in [5, 5.41) is 3.51. The number of hydrogen-bond acceptors (Lipinski definition) is 4. The summed E-state index contributed by atoms with van der Waals surface area (Å²) in [6.45, 7) is 4.49. The molecule has 1 rings (SSSR count). The van der Waals surface area contributed by atoms with Crippen molar-refractivity contribution in [1.29, 1.82) is 0 Å². The van der Waals surface area contributed by atoms with Gasteiger partial charge in [-0.1, -0.05) is 13.3 Å². The second-order valence-electron chi connectivity index (χ2n) is 4.98. The van der Waals surface area contributed by atoms with E-state index in [0.717, 1.165) is 19.5 Å². The minimum atomic E-state index is -2.82. The van der Waals surface area contributed by atoms with Gasteiger partial charge in [-0.25, -0.2) is 8.42 Å². The lowest BCUT2D eigenvalue weighted by molar-refractivity contribution is 0.298. The standard InChI is InChI=1S/C12H26N2O2S/c1-3-17(15,16)11-10-14(2)9-7-12-6-4-5-8-13-12/h12-13H,3-11H2,1-2H3. The number of rotatable bonds is 7. The lowest BCUT2D eigenvalue weighted by atomic mass is 10.0. The van der Waals surface area contributed by atoms with E-state index in [0.29, 0.717) is 12.6 Å². The average Bonchev–Trinajstić information content (AvgIpc) is 2.35. The second-order valence-corrected chi connectivity index (χ2v) is 7.45. The Morgan fingerprint density at radius 2 is 2.06 bits per heavy atom. The number of nitrogens with one attached hydrogen (secondary N) is 1. The van der Waals surface area contributed by atoms with Gasteiger partial charge in [0.05, 0.1) is 5.75 Å². The van der Waals surface area contributed by atoms with Crippen LogP contribution in [0.5, 0.6) is 0 Å². The average molecular weight is 262 g/mol. The van der Waals surface area contributed by atoms with Crippen LogP contribution in [0.3, 0.4) is 0 Å². The van der Waals surface area contributed by atoms with Crippen LogP contribution in [0.2, 0.25) is 0 Å². The van der Waals surface area contributed by atoms with Crippen molar-refractivity contribution in [3.8, 4) is 0 Å². The molecule has 1 aliphatic heterocycles. The topological polar surface area (TPSA) is 49.4 Å². The van der Waals surface area contributed by atoms with Gasteiger partial charge in [0.15, 0.2) is 9.84 Å². The Labute approximate surface area is 106 Å². The Hall–Kier alpha value is -0.130. The molecule has 1 fully saturated rings. The van der Waals surface area contributed by atoms with E-state index in [4.69, 9.17) is 0 Å². The Bertz CT molecular complexity index is 298. The van der Waals surface area contributed by atoms with Crippen LogP contribution in [-0.2, 0) is 9.84 Å². The number of sulfone groups is 1. The van der Waals surface area contributed by atoms with Gasteiger partial charge in [-0.15, -0.1) is 0 Å². The molecule has 102 valence electrons. The molecule has 4 nitrogen and oxygen atoms in total. The SMILES string of the molecule is CCS(=O)(=O)CCN(C)CCC1CCCCN1. The van der Waals surface area contributed by atoms with Crippen LogP contribution < -0.4 is 5.32 Å². The molecule has 0 aromatic rings. The summed E-state index contributed by atoms with van der Waals surface area (Å²) in [4.78, 5) is 2.13. The molecule has 0 aromatic carbocycles. The molecule has 17 heavy (non-hydrogen) atoms. The van der Waals surface area contributed by atoms with E-state index in [1.165, 1.54) is 19.3 Å². The van der Waals surface area contributed by atoms with Crippen LogP contribution in [0.25, 0.3) is 0 Å². The summed E-state index contributed by atoms with van der Waals surface area (Å²) in [6, 6.07) is 0.633. The molecule has 0 bridgehead atoms. The maximum atomic E-state index is 11.4. The molecule has 0 radical (unpaired) electrons. The molecule has 0 aliphatic carbocycles. The lowest BCUT2D eigenvalue weighted by Crippen LogP contribution is -2.37. The summed E-state index contributed by atoms with van der Waals surface area (Å²) < 4.78 is 22.7. The van der Waals surface area contributed by atoms with Crippen molar-refractivity contribution in [2.24, 2.45) is 0 Å². The van der Waals surface area contributed by atoms with Gasteiger partial charge in [0.25, 0.3) is 0 Å². The van der Waals surface area contributed by atoms with Crippen molar-refractivity contribution in [3.05, 3.63) is 0 Å². The van der Waals surface area contributed by atoms with E-state index in [1.807, 2.05) is 7.05 Å². The van der Waals surface area contributed by atoms with Gasteiger partial charge < -0.3 is 10.2 Å². The van der Waals surface area contributed by atoms with E-state index < -0.39 is 9.84 Å². The van der Waals surface area contributed by atoms with E-state index in [-0.39, 0.29) is 11.5 Å². The predicted molar refractivity (Wildman–Crippen MR) is 72.1 cm³/mol. The van der Waals surface area contributed by atoms with E-state index in [1.54, 1.807) is 6.92 Å². The van der Waals surface area contributed by atoms with Gasteiger partial charge in [-0.05, 0) is 39.4 Å². The quantitative estimate of drug-likeness (QED) is 0.740. The minimum absolute atomic E-state index is 0.255. The first-order valence-corrected chi connectivity index (χ1v) is 8.48. The predicted octanol–water partition coefficient (Wildman–Crippen LogP) is 0.885. The molecule has 5 heteroatoms. The summed E-state index contributed by atoms with van der Waals surface area (Å²) >= 11 is 0. The van der Waals surface area contributed by atoms with Crippen molar-refractivity contribution < 1.29 is 8.42 Å². The molecule has 0 spiro atoms.